The highest BCUT2D eigenvalue weighted by molar-refractivity contribution is 8.20. The first-order valence-corrected chi connectivity index (χ1v) is 9.28. The van der Waals surface area contributed by atoms with Crippen molar-refractivity contribution in [1.82, 2.24) is 4.98 Å². The van der Waals surface area contributed by atoms with E-state index >= 15 is 0 Å². The Morgan fingerprint density at radius 1 is 1.29 bits per heavy atom. The highest BCUT2D eigenvalue weighted by atomic mass is 32.2. The monoisotopic (exact) mass is 320 g/mol. The molecule has 2 heterocycles. The van der Waals surface area contributed by atoms with Crippen LogP contribution in [-0.2, 0) is 0 Å². The largest absolute Gasteiger partial charge is 0.497 e. The molecule has 0 aliphatic carbocycles. The Labute approximate surface area is 134 Å². The summed E-state index contributed by atoms with van der Waals surface area (Å²) in [5.41, 5.74) is 3.19. The molecule has 1 saturated heterocycles. The molecule has 2 aromatic rings. The number of thioether (sulfide) groups is 2. The normalized spacial score (nSPS) is 15.5. The third-order valence-electron chi connectivity index (χ3n) is 3.53. The molecule has 1 aromatic heterocycles. The van der Waals surface area contributed by atoms with Crippen LogP contribution in [0.5, 0.6) is 5.75 Å². The van der Waals surface area contributed by atoms with Gasteiger partial charge in [0, 0.05) is 40.9 Å². The molecule has 1 aliphatic heterocycles. The lowest BCUT2D eigenvalue weighted by Crippen LogP contribution is -2.07. The molecule has 1 fully saturated rings. The highest BCUT2D eigenvalue weighted by Crippen LogP contribution is 2.34. The van der Waals surface area contributed by atoms with Gasteiger partial charge >= 0.3 is 0 Å². The summed E-state index contributed by atoms with van der Waals surface area (Å²) in [6.45, 7) is 3.04. The fourth-order valence-electron chi connectivity index (χ4n) is 2.51. The van der Waals surface area contributed by atoms with E-state index in [-0.39, 0.29) is 0 Å². The van der Waals surface area contributed by atoms with Gasteiger partial charge in [-0.3, -0.25) is 4.98 Å². The molecule has 1 aromatic carbocycles. The first-order valence-electron chi connectivity index (χ1n) is 7.19. The lowest BCUT2D eigenvalue weighted by Gasteiger charge is -2.13. The first-order chi connectivity index (χ1) is 10.3. The Bertz CT molecular complexity index is 627. The van der Waals surface area contributed by atoms with Crippen LogP contribution in [0.15, 0.2) is 24.3 Å². The lowest BCUT2D eigenvalue weighted by atomic mass is 10.1. The smallest absolute Gasteiger partial charge is 0.121 e. The molecule has 0 unspecified atom stereocenters. The molecule has 0 amide bonds. The van der Waals surface area contributed by atoms with Crippen molar-refractivity contribution in [3.05, 3.63) is 30.0 Å². The van der Waals surface area contributed by atoms with Gasteiger partial charge in [0.05, 0.1) is 17.2 Å². The molecular weight excluding hydrogens is 300 g/mol. The van der Waals surface area contributed by atoms with Crippen molar-refractivity contribution in [1.29, 1.82) is 0 Å². The van der Waals surface area contributed by atoms with E-state index in [1.54, 1.807) is 7.11 Å². The molecule has 0 atom stereocenters. The number of aromatic nitrogens is 1. The quantitative estimate of drug-likeness (QED) is 0.895. The van der Waals surface area contributed by atoms with Crippen LogP contribution in [-0.4, -0.2) is 34.7 Å². The number of methoxy groups -OCH3 is 1. The van der Waals surface area contributed by atoms with E-state index in [2.05, 4.69) is 46.0 Å². The second-order valence-electron chi connectivity index (χ2n) is 5.08. The molecule has 1 N–H and O–H groups in total. The second-order valence-corrected chi connectivity index (χ2v) is 8.00. The maximum Gasteiger partial charge on any atom is 0.121 e. The van der Waals surface area contributed by atoms with Crippen LogP contribution in [0.25, 0.3) is 10.9 Å². The number of aryl methyl sites for hydroxylation is 1. The minimum absolute atomic E-state index is 0.756. The number of hydrogen-bond donors (Lipinski definition) is 1. The van der Waals surface area contributed by atoms with Gasteiger partial charge in [-0.15, -0.1) is 23.5 Å². The summed E-state index contributed by atoms with van der Waals surface area (Å²) >= 11 is 4.17. The van der Waals surface area contributed by atoms with Gasteiger partial charge in [-0.05, 0) is 31.5 Å². The zero-order valence-electron chi connectivity index (χ0n) is 12.4. The summed E-state index contributed by atoms with van der Waals surface area (Å²) in [6, 6.07) is 8.20. The number of hydrogen-bond acceptors (Lipinski definition) is 5. The Kier molecular flexibility index (Phi) is 4.80. The van der Waals surface area contributed by atoms with Crippen LogP contribution in [0.3, 0.4) is 0 Å². The number of pyridine rings is 1. The Morgan fingerprint density at radius 3 is 2.86 bits per heavy atom. The van der Waals surface area contributed by atoms with E-state index in [9.17, 15) is 0 Å². The highest BCUT2D eigenvalue weighted by Gasteiger charge is 2.15. The van der Waals surface area contributed by atoms with Gasteiger partial charge in [-0.2, -0.15) is 0 Å². The van der Waals surface area contributed by atoms with E-state index < -0.39 is 0 Å². The van der Waals surface area contributed by atoms with Crippen molar-refractivity contribution in [2.75, 3.05) is 30.5 Å². The molecule has 112 valence electrons. The molecule has 0 spiro atoms. The number of anilines is 1. The topological polar surface area (TPSA) is 34.1 Å². The average Bonchev–Trinajstić information content (AvgIpc) is 2.99. The summed E-state index contributed by atoms with van der Waals surface area (Å²) in [7, 11) is 1.69. The average molecular weight is 320 g/mol. The van der Waals surface area contributed by atoms with E-state index in [4.69, 9.17) is 4.74 Å². The minimum Gasteiger partial charge on any atom is -0.497 e. The number of nitrogens with one attached hydrogen (secondary N) is 1. The van der Waals surface area contributed by atoms with E-state index in [1.807, 2.05) is 19.1 Å². The Balaban J connectivity index is 1.76. The van der Waals surface area contributed by atoms with Crippen LogP contribution in [0.1, 0.15) is 12.1 Å². The van der Waals surface area contributed by atoms with Crippen LogP contribution in [0, 0.1) is 6.92 Å². The molecule has 21 heavy (non-hydrogen) atoms. The van der Waals surface area contributed by atoms with Crippen molar-refractivity contribution in [2.24, 2.45) is 0 Å². The third kappa shape index (κ3) is 3.58. The van der Waals surface area contributed by atoms with Crippen LogP contribution in [0.4, 0.5) is 5.69 Å². The third-order valence-corrected chi connectivity index (χ3v) is 6.70. The molecule has 0 radical (unpaired) electrons. The molecule has 3 rings (SSSR count). The SMILES string of the molecule is COc1ccc2c(NCCC3SCCS3)cc(C)nc2c1. The molecular formula is C16H20N2OS2. The zero-order chi connectivity index (χ0) is 14.7. The van der Waals surface area contributed by atoms with Gasteiger partial charge in [0.25, 0.3) is 0 Å². The predicted octanol–water partition coefficient (Wildman–Crippen LogP) is 4.16. The van der Waals surface area contributed by atoms with E-state index in [0.717, 1.165) is 33.5 Å². The van der Waals surface area contributed by atoms with Gasteiger partial charge in [-0.1, -0.05) is 0 Å². The number of rotatable bonds is 5. The number of ether oxygens (including phenoxy) is 1. The Hall–Kier alpha value is -1.07. The van der Waals surface area contributed by atoms with Gasteiger partial charge in [0.2, 0.25) is 0 Å². The zero-order valence-corrected chi connectivity index (χ0v) is 14.0. The van der Waals surface area contributed by atoms with Crippen molar-refractivity contribution in [3.63, 3.8) is 0 Å². The minimum atomic E-state index is 0.756. The molecule has 0 saturated carbocycles. The van der Waals surface area contributed by atoms with Crippen molar-refractivity contribution < 1.29 is 4.74 Å². The fraction of sp³-hybridized carbons (Fsp3) is 0.438. The maximum absolute atomic E-state index is 5.28. The number of benzene rings is 1. The van der Waals surface area contributed by atoms with Crippen molar-refractivity contribution >= 4 is 40.1 Å². The van der Waals surface area contributed by atoms with Crippen LogP contribution >= 0.6 is 23.5 Å². The van der Waals surface area contributed by atoms with E-state index in [1.165, 1.54) is 23.6 Å². The van der Waals surface area contributed by atoms with Gasteiger partial charge in [-0.25, -0.2) is 0 Å². The fourth-order valence-corrected chi connectivity index (χ4v) is 5.34. The predicted molar refractivity (Wildman–Crippen MR) is 94.8 cm³/mol. The van der Waals surface area contributed by atoms with E-state index in [0.29, 0.717) is 0 Å². The van der Waals surface area contributed by atoms with Crippen molar-refractivity contribution in [2.45, 2.75) is 17.9 Å². The van der Waals surface area contributed by atoms with Crippen LogP contribution < -0.4 is 10.1 Å². The summed E-state index contributed by atoms with van der Waals surface area (Å²) in [4.78, 5) is 4.60. The summed E-state index contributed by atoms with van der Waals surface area (Å²) < 4.78 is 6.04. The van der Waals surface area contributed by atoms with Gasteiger partial charge in [0.15, 0.2) is 0 Å². The number of fused-ring (bicyclic) bond motifs is 1. The standard InChI is InChI=1S/C16H20N2OS2/c1-11-9-14(17-6-5-16-20-7-8-21-16)13-4-3-12(19-2)10-15(13)18-11/h3-4,9-10,16H,5-8H2,1-2H3,(H,17,18). The maximum atomic E-state index is 5.28. The van der Waals surface area contributed by atoms with Gasteiger partial charge in [0.1, 0.15) is 5.75 Å². The number of nitrogens with zero attached hydrogens (tertiary/aromatic N) is 1. The molecule has 3 nitrogen and oxygen atoms in total. The molecule has 5 heteroatoms. The second kappa shape index (κ2) is 6.79. The molecule has 0 bridgehead atoms. The van der Waals surface area contributed by atoms with Crippen LogP contribution in [0.2, 0.25) is 0 Å². The lowest BCUT2D eigenvalue weighted by molar-refractivity contribution is 0.415. The Morgan fingerprint density at radius 2 is 2.10 bits per heavy atom. The summed E-state index contributed by atoms with van der Waals surface area (Å²) in [5, 5.41) is 4.75. The molecule has 1 aliphatic rings. The summed E-state index contributed by atoms with van der Waals surface area (Å²) in [5.74, 6) is 3.45. The van der Waals surface area contributed by atoms with Gasteiger partial charge < -0.3 is 10.1 Å². The van der Waals surface area contributed by atoms with Crippen molar-refractivity contribution in [3.8, 4) is 5.75 Å². The summed E-state index contributed by atoms with van der Waals surface area (Å²) in [6.07, 6.45) is 1.20. The first kappa shape index (κ1) is 14.9.